The second kappa shape index (κ2) is 10.6. The monoisotopic (exact) mass is 514 g/mol. The number of carbonyl (C=O) groups is 1. The Balaban J connectivity index is 1.16. The van der Waals surface area contributed by atoms with Gasteiger partial charge < -0.3 is 14.2 Å². The number of fused-ring (bicyclic) bond motifs is 4. The van der Waals surface area contributed by atoms with E-state index in [1.54, 1.807) is 4.57 Å². The van der Waals surface area contributed by atoms with Crippen molar-refractivity contribution in [1.82, 2.24) is 19.4 Å². The van der Waals surface area contributed by atoms with E-state index in [4.69, 9.17) is 9.72 Å². The summed E-state index contributed by atoms with van der Waals surface area (Å²) in [5.41, 5.74) is 5.03. The van der Waals surface area contributed by atoms with Crippen LogP contribution in [0, 0.1) is 6.92 Å². The maximum absolute atomic E-state index is 13.4. The van der Waals surface area contributed by atoms with E-state index in [1.807, 2.05) is 44.2 Å². The second-order valence-electron chi connectivity index (χ2n) is 11.2. The number of benzene rings is 1. The van der Waals surface area contributed by atoms with E-state index in [0.717, 1.165) is 59.3 Å². The number of aromatic nitrogens is 2. The molecule has 2 saturated heterocycles. The topological polar surface area (TPSA) is 67.7 Å². The Bertz CT molecular complexity index is 1400. The lowest BCUT2D eigenvalue weighted by Gasteiger charge is -2.40. The van der Waals surface area contributed by atoms with Crippen molar-refractivity contribution in [3.8, 4) is 11.4 Å². The number of likely N-dealkylation sites (tertiary alicyclic amines) is 2. The molecular weight excluding hydrogens is 476 g/mol. The van der Waals surface area contributed by atoms with Crippen molar-refractivity contribution in [2.24, 2.45) is 0 Å². The van der Waals surface area contributed by atoms with E-state index < -0.39 is 6.10 Å². The highest BCUT2D eigenvalue weighted by Crippen LogP contribution is 2.35. The average molecular weight is 515 g/mol. The minimum absolute atomic E-state index is 0.0335. The number of hydrogen-bond acceptors (Lipinski definition) is 6. The maximum atomic E-state index is 13.4. The summed E-state index contributed by atoms with van der Waals surface area (Å²) in [7, 11) is 0. The summed E-state index contributed by atoms with van der Waals surface area (Å²) in [5.74, 6) is -0.210. The van der Waals surface area contributed by atoms with Crippen molar-refractivity contribution in [3.05, 3.63) is 63.4 Å². The summed E-state index contributed by atoms with van der Waals surface area (Å²) in [4.78, 5) is 36.2. The zero-order valence-corrected chi connectivity index (χ0v) is 22.6. The van der Waals surface area contributed by atoms with E-state index in [2.05, 4.69) is 15.9 Å². The first kappa shape index (κ1) is 25.3. The molecule has 1 atom stereocenters. The molecule has 0 spiro atoms. The number of piperidine rings is 2. The Labute approximate surface area is 224 Å². The van der Waals surface area contributed by atoms with E-state index in [1.165, 1.54) is 32.4 Å². The number of ether oxygens (including phenoxy) is 1. The van der Waals surface area contributed by atoms with Crippen molar-refractivity contribution in [2.75, 3.05) is 32.7 Å². The highest BCUT2D eigenvalue weighted by molar-refractivity contribution is 5.84. The average Bonchev–Trinajstić information content (AvgIpc) is 3.31. The molecule has 3 aliphatic rings. The van der Waals surface area contributed by atoms with Gasteiger partial charge in [-0.15, -0.1) is 0 Å². The van der Waals surface area contributed by atoms with Crippen molar-refractivity contribution >= 4 is 16.9 Å². The summed E-state index contributed by atoms with van der Waals surface area (Å²) in [5, 5.41) is 1.07. The van der Waals surface area contributed by atoms with Gasteiger partial charge in [0.1, 0.15) is 6.10 Å². The molecule has 0 amide bonds. The number of esters is 1. The predicted molar refractivity (Wildman–Crippen MR) is 149 cm³/mol. The molecule has 1 unspecified atom stereocenters. The van der Waals surface area contributed by atoms with Gasteiger partial charge in [0.15, 0.2) is 0 Å². The fourth-order valence-corrected chi connectivity index (χ4v) is 6.60. The van der Waals surface area contributed by atoms with Gasteiger partial charge in [0.2, 0.25) is 0 Å². The molecule has 0 N–H and O–H groups in total. The van der Waals surface area contributed by atoms with Crippen molar-refractivity contribution in [1.29, 1.82) is 0 Å². The Hall–Kier alpha value is -3.03. The third kappa shape index (κ3) is 4.78. The van der Waals surface area contributed by atoms with E-state index in [0.29, 0.717) is 31.1 Å². The fraction of sp³-hybridized carbons (Fsp3) is 0.516. The third-order valence-electron chi connectivity index (χ3n) is 8.76. The van der Waals surface area contributed by atoms with Crippen LogP contribution in [0.2, 0.25) is 0 Å². The van der Waals surface area contributed by atoms with Gasteiger partial charge in [0, 0.05) is 41.2 Å². The quantitative estimate of drug-likeness (QED) is 0.348. The number of carbonyl (C=O) groups excluding carboxylic acids is 1. The van der Waals surface area contributed by atoms with Gasteiger partial charge in [-0.3, -0.25) is 14.5 Å². The predicted octanol–water partition coefficient (Wildman–Crippen LogP) is 4.68. The fourth-order valence-electron chi connectivity index (χ4n) is 6.60. The molecule has 0 bridgehead atoms. The summed E-state index contributed by atoms with van der Waals surface area (Å²) in [6, 6.07) is 12.8. The smallest absolute Gasteiger partial charge is 0.320 e. The first-order valence-corrected chi connectivity index (χ1v) is 14.3. The summed E-state index contributed by atoms with van der Waals surface area (Å²) in [6.45, 7) is 8.99. The van der Waals surface area contributed by atoms with Crippen molar-refractivity contribution in [2.45, 2.75) is 71.1 Å². The van der Waals surface area contributed by atoms with Gasteiger partial charge in [0.25, 0.3) is 5.56 Å². The van der Waals surface area contributed by atoms with Crippen LogP contribution >= 0.6 is 0 Å². The van der Waals surface area contributed by atoms with Crippen molar-refractivity contribution < 1.29 is 9.53 Å². The van der Waals surface area contributed by atoms with Gasteiger partial charge in [-0.2, -0.15) is 0 Å². The lowest BCUT2D eigenvalue weighted by atomic mass is 10.00. The molecule has 7 nitrogen and oxygen atoms in total. The molecule has 5 heterocycles. The highest BCUT2D eigenvalue weighted by atomic mass is 16.5. The van der Waals surface area contributed by atoms with Gasteiger partial charge in [-0.1, -0.05) is 31.5 Å². The number of rotatable bonds is 6. The van der Waals surface area contributed by atoms with Gasteiger partial charge in [0.05, 0.1) is 30.0 Å². The summed E-state index contributed by atoms with van der Waals surface area (Å²) >= 11 is 0. The standard InChI is InChI=1S/C31H38N4O3/c1-3-28(38-29(36)20-33-15-11-24(12-16-33)34-13-7-4-8-14-34)25-18-27-30-23(19-35(27)31(37)21(25)2)17-22-9-5-6-10-26(22)32-30/h5-6,9-10,17-18,24,28H,3-4,7-8,11-16,19-20H2,1-2H3. The molecule has 0 radical (unpaired) electrons. The van der Waals surface area contributed by atoms with Crippen LogP contribution in [0.4, 0.5) is 0 Å². The zero-order valence-electron chi connectivity index (χ0n) is 22.6. The van der Waals surface area contributed by atoms with Crippen LogP contribution < -0.4 is 5.56 Å². The van der Waals surface area contributed by atoms with Crippen LogP contribution in [0.5, 0.6) is 0 Å². The largest absolute Gasteiger partial charge is 0.457 e. The first-order chi connectivity index (χ1) is 18.5. The first-order valence-electron chi connectivity index (χ1n) is 14.3. The Morgan fingerprint density at radius 1 is 1.08 bits per heavy atom. The Morgan fingerprint density at radius 3 is 2.61 bits per heavy atom. The minimum Gasteiger partial charge on any atom is -0.457 e. The molecular formula is C31H38N4O3. The highest BCUT2D eigenvalue weighted by Gasteiger charge is 2.29. The van der Waals surface area contributed by atoms with Crippen LogP contribution in [0.25, 0.3) is 22.3 Å². The molecule has 2 fully saturated rings. The summed E-state index contributed by atoms with van der Waals surface area (Å²) in [6.07, 6.45) is 6.39. The van der Waals surface area contributed by atoms with Crippen LogP contribution in [-0.2, 0) is 16.1 Å². The Morgan fingerprint density at radius 2 is 1.84 bits per heavy atom. The van der Waals surface area contributed by atoms with E-state index in [9.17, 15) is 9.59 Å². The summed E-state index contributed by atoms with van der Waals surface area (Å²) < 4.78 is 7.83. The number of nitrogens with zero attached hydrogens (tertiary/aromatic N) is 4. The molecule has 6 rings (SSSR count). The van der Waals surface area contributed by atoms with E-state index >= 15 is 0 Å². The molecule has 200 valence electrons. The Kier molecular flexibility index (Phi) is 7.06. The lowest BCUT2D eigenvalue weighted by Crippen LogP contribution is -2.47. The maximum Gasteiger partial charge on any atom is 0.320 e. The molecule has 1 aromatic carbocycles. The molecule has 0 aliphatic carbocycles. The van der Waals surface area contributed by atoms with Gasteiger partial charge in [-0.25, -0.2) is 4.98 Å². The minimum atomic E-state index is -0.448. The number of pyridine rings is 2. The second-order valence-corrected chi connectivity index (χ2v) is 11.2. The molecule has 3 aliphatic heterocycles. The van der Waals surface area contributed by atoms with Gasteiger partial charge >= 0.3 is 5.97 Å². The lowest BCUT2D eigenvalue weighted by molar-refractivity contribution is -0.151. The molecule has 0 saturated carbocycles. The van der Waals surface area contributed by atoms with Crippen molar-refractivity contribution in [3.63, 3.8) is 0 Å². The SMILES string of the molecule is CCC(OC(=O)CN1CCC(N2CCCCC2)CC1)c1cc2n(c(=O)c1C)Cc1cc3ccccc3nc1-2. The molecule has 7 heteroatoms. The van der Waals surface area contributed by atoms with Crippen LogP contribution in [0.1, 0.15) is 68.2 Å². The van der Waals surface area contributed by atoms with Crippen LogP contribution in [0.15, 0.2) is 41.2 Å². The molecule has 38 heavy (non-hydrogen) atoms. The normalized spacial score (nSPS) is 19.3. The number of para-hydroxylation sites is 1. The number of hydrogen-bond donors (Lipinski definition) is 0. The van der Waals surface area contributed by atoms with Gasteiger partial charge in [-0.05, 0) is 70.3 Å². The van der Waals surface area contributed by atoms with Crippen LogP contribution in [0.3, 0.4) is 0 Å². The molecule has 2 aromatic heterocycles. The van der Waals surface area contributed by atoms with Crippen LogP contribution in [-0.4, -0.2) is 64.1 Å². The third-order valence-corrected chi connectivity index (χ3v) is 8.76. The zero-order chi connectivity index (χ0) is 26.2. The van der Waals surface area contributed by atoms with E-state index in [-0.39, 0.29) is 11.5 Å². The molecule has 3 aromatic rings.